The Balaban J connectivity index is 1.45. The number of amides is 1. The van der Waals surface area contributed by atoms with E-state index in [1.807, 2.05) is 36.4 Å². The van der Waals surface area contributed by atoms with E-state index >= 15 is 0 Å². The third kappa shape index (κ3) is 4.36. The van der Waals surface area contributed by atoms with Crippen molar-refractivity contribution in [2.75, 3.05) is 10.0 Å². The summed E-state index contributed by atoms with van der Waals surface area (Å²) in [6.45, 7) is 3.49. The van der Waals surface area contributed by atoms with Crippen LogP contribution in [0.3, 0.4) is 0 Å². The van der Waals surface area contributed by atoms with Crippen LogP contribution in [-0.2, 0) is 20.2 Å². The van der Waals surface area contributed by atoms with Gasteiger partial charge in [-0.25, -0.2) is 18.4 Å². The van der Waals surface area contributed by atoms with Gasteiger partial charge in [-0.3, -0.25) is 9.52 Å². The van der Waals surface area contributed by atoms with Crippen molar-refractivity contribution in [3.05, 3.63) is 59.7 Å². The summed E-state index contributed by atoms with van der Waals surface area (Å²) in [5, 5.41) is 4.48. The van der Waals surface area contributed by atoms with Gasteiger partial charge >= 0.3 is 0 Å². The van der Waals surface area contributed by atoms with Crippen LogP contribution < -0.4 is 10.0 Å². The molecule has 0 bridgehead atoms. The molecule has 9 heteroatoms. The lowest BCUT2D eigenvalue weighted by Crippen LogP contribution is -2.35. The van der Waals surface area contributed by atoms with E-state index < -0.39 is 15.4 Å². The van der Waals surface area contributed by atoms with Gasteiger partial charge in [-0.15, -0.1) is 11.3 Å². The van der Waals surface area contributed by atoms with Crippen LogP contribution in [0.5, 0.6) is 0 Å². The number of carbonyl (C=O) groups excluding carboxylic acids is 1. The Morgan fingerprint density at radius 1 is 1.10 bits per heavy atom. The van der Waals surface area contributed by atoms with Crippen molar-refractivity contribution in [1.82, 2.24) is 9.97 Å². The molecule has 156 valence electrons. The number of pyridine rings is 1. The average Bonchev–Trinajstić information content (AvgIpc) is 3.50. The molecule has 0 aliphatic heterocycles. The topological polar surface area (TPSA) is 101 Å². The fourth-order valence-corrected chi connectivity index (χ4v) is 5.32. The Kier molecular flexibility index (Phi) is 5.33. The molecule has 1 aromatic carbocycles. The zero-order chi connectivity index (χ0) is 21.4. The van der Waals surface area contributed by atoms with E-state index in [9.17, 15) is 13.2 Å². The van der Waals surface area contributed by atoms with E-state index in [-0.39, 0.29) is 16.3 Å². The molecule has 1 saturated carbocycles. The predicted molar refractivity (Wildman–Crippen MR) is 119 cm³/mol. The number of anilines is 2. The van der Waals surface area contributed by atoms with Crippen molar-refractivity contribution in [3.8, 4) is 11.1 Å². The maximum atomic E-state index is 12.9. The molecule has 30 heavy (non-hydrogen) atoms. The third-order valence-corrected chi connectivity index (χ3v) is 7.73. The van der Waals surface area contributed by atoms with E-state index in [1.165, 1.54) is 11.3 Å². The molecule has 0 saturated heterocycles. The van der Waals surface area contributed by atoms with Gasteiger partial charge < -0.3 is 5.32 Å². The molecule has 1 aliphatic rings. The Hall–Kier alpha value is -2.78. The van der Waals surface area contributed by atoms with Crippen molar-refractivity contribution in [2.24, 2.45) is 0 Å². The normalized spacial score (nSPS) is 14.3. The summed E-state index contributed by atoms with van der Waals surface area (Å²) in [6, 6.07) is 13.5. The predicted octanol–water partition coefficient (Wildman–Crippen LogP) is 4.03. The van der Waals surface area contributed by atoms with Crippen LogP contribution in [0, 0.1) is 0 Å². The van der Waals surface area contributed by atoms with Crippen molar-refractivity contribution in [1.29, 1.82) is 0 Å². The number of nitrogens with one attached hydrogen (secondary N) is 2. The van der Waals surface area contributed by atoms with E-state index in [4.69, 9.17) is 0 Å². The van der Waals surface area contributed by atoms with Gasteiger partial charge in [0.2, 0.25) is 15.9 Å². The van der Waals surface area contributed by atoms with E-state index in [1.54, 1.807) is 31.5 Å². The summed E-state index contributed by atoms with van der Waals surface area (Å²) in [5.41, 5.74) is 1.55. The standard InChI is InChI=1S/C21H22N4O3S2/c1-21(2,17-13-29-20(23-17)25-30(27,28)16-9-10-16)19(26)24-18-11-8-15(12-22-18)14-6-4-3-5-7-14/h3-8,11-13,16H,9-10H2,1-2H3,(H,23,25)(H,22,24,26). The molecule has 0 unspecified atom stereocenters. The Labute approximate surface area is 179 Å². The van der Waals surface area contributed by atoms with Crippen LogP contribution in [0.4, 0.5) is 10.9 Å². The van der Waals surface area contributed by atoms with Crippen LogP contribution in [0.2, 0.25) is 0 Å². The summed E-state index contributed by atoms with van der Waals surface area (Å²) in [6.07, 6.45) is 3.07. The molecule has 1 fully saturated rings. The monoisotopic (exact) mass is 442 g/mol. The molecule has 2 heterocycles. The first-order valence-corrected chi connectivity index (χ1v) is 12.0. The van der Waals surface area contributed by atoms with Crippen molar-refractivity contribution >= 4 is 38.2 Å². The number of hydrogen-bond donors (Lipinski definition) is 2. The molecule has 0 radical (unpaired) electrons. The lowest BCUT2D eigenvalue weighted by atomic mass is 9.89. The molecule has 1 amide bonds. The summed E-state index contributed by atoms with van der Waals surface area (Å²) < 4.78 is 26.7. The van der Waals surface area contributed by atoms with Gasteiger partial charge in [0.15, 0.2) is 5.13 Å². The Morgan fingerprint density at radius 2 is 1.83 bits per heavy atom. The second-order valence-electron chi connectivity index (χ2n) is 7.76. The molecular formula is C21H22N4O3S2. The first-order valence-electron chi connectivity index (χ1n) is 9.56. The number of hydrogen-bond acceptors (Lipinski definition) is 6. The highest BCUT2D eigenvalue weighted by atomic mass is 32.2. The van der Waals surface area contributed by atoms with E-state index in [0.717, 1.165) is 11.1 Å². The average molecular weight is 443 g/mol. The van der Waals surface area contributed by atoms with E-state index in [2.05, 4.69) is 20.0 Å². The van der Waals surface area contributed by atoms with Gasteiger partial charge in [-0.1, -0.05) is 30.3 Å². The fourth-order valence-electron chi connectivity index (χ4n) is 2.85. The number of carbonyl (C=O) groups is 1. The number of sulfonamides is 1. The fraction of sp³-hybridized carbons (Fsp3) is 0.286. The van der Waals surface area contributed by atoms with Crippen molar-refractivity contribution in [2.45, 2.75) is 37.4 Å². The lowest BCUT2D eigenvalue weighted by Gasteiger charge is -2.21. The van der Waals surface area contributed by atoms with Gasteiger partial charge in [-0.2, -0.15) is 0 Å². The van der Waals surface area contributed by atoms with Crippen molar-refractivity contribution in [3.63, 3.8) is 0 Å². The number of nitrogens with zero attached hydrogens (tertiary/aromatic N) is 2. The highest BCUT2D eigenvalue weighted by Gasteiger charge is 2.37. The SMILES string of the molecule is CC(C)(C(=O)Nc1ccc(-c2ccccc2)cn1)c1csc(NS(=O)(=O)C2CC2)n1. The second kappa shape index (κ2) is 7.81. The first-order chi connectivity index (χ1) is 14.3. The highest BCUT2D eigenvalue weighted by molar-refractivity contribution is 7.93. The maximum absolute atomic E-state index is 12.9. The van der Waals surface area contributed by atoms with Gasteiger partial charge in [0, 0.05) is 17.1 Å². The summed E-state index contributed by atoms with van der Waals surface area (Å²) >= 11 is 1.17. The minimum Gasteiger partial charge on any atom is -0.310 e. The first kappa shape index (κ1) is 20.5. The molecular weight excluding hydrogens is 420 g/mol. The lowest BCUT2D eigenvalue weighted by molar-refractivity contribution is -0.120. The van der Waals surface area contributed by atoms with E-state index in [0.29, 0.717) is 24.4 Å². The summed E-state index contributed by atoms with van der Waals surface area (Å²) in [5.74, 6) is 0.169. The third-order valence-electron chi connectivity index (χ3n) is 5.02. The number of benzene rings is 1. The molecule has 3 aromatic rings. The number of thiazole rings is 1. The zero-order valence-corrected chi connectivity index (χ0v) is 18.3. The quantitative estimate of drug-likeness (QED) is 0.575. The number of rotatable bonds is 7. The van der Waals surface area contributed by atoms with Crippen molar-refractivity contribution < 1.29 is 13.2 Å². The summed E-state index contributed by atoms with van der Waals surface area (Å²) in [7, 11) is -3.38. The molecule has 2 aromatic heterocycles. The van der Waals surface area contributed by atoms with Crippen LogP contribution >= 0.6 is 11.3 Å². The zero-order valence-electron chi connectivity index (χ0n) is 16.6. The molecule has 1 aliphatic carbocycles. The van der Waals surface area contributed by atoms with Gasteiger partial charge in [0.05, 0.1) is 16.4 Å². The van der Waals surface area contributed by atoms with Gasteiger partial charge in [0.25, 0.3) is 0 Å². The van der Waals surface area contributed by atoms with Crippen LogP contribution in [-0.4, -0.2) is 29.5 Å². The molecule has 2 N–H and O–H groups in total. The Bertz CT molecular complexity index is 1150. The van der Waals surface area contributed by atoms with Crippen LogP contribution in [0.1, 0.15) is 32.4 Å². The smallest absolute Gasteiger partial charge is 0.237 e. The summed E-state index contributed by atoms with van der Waals surface area (Å²) in [4.78, 5) is 21.6. The van der Waals surface area contributed by atoms with Crippen LogP contribution in [0.25, 0.3) is 11.1 Å². The largest absolute Gasteiger partial charge is 0.310 e. The number of aromatic nitrogens is 2. The minimum atomic E-state index is -3.38. The molecule has 0 spiro atoms. The maximum Gasteiger partial charge on any atom is 0.237 e. The highest BCUT2D eigenvalue weighted by Crippen LogP contribution is 2.33. The van der Waals surface area contributed by atoms with Gasteiger partial charge in [-0.05, 0) is 44.4 Å². The molecule has 0 atom stereocenters. The second-order valence-corrected chi connectivity index (χ2v) is 10.6. The molecule has 4 rings (SSSR count). The molecule has 7 nitrogen and oxygen atoms in total. The minimum absolute atomic E-state index is 0.274. The van der Waals surface area contributed by atoms with Gasteiger partial charge in [0.1, 0.15) is 5.82 Å². The van der Waals surface area contributed by atoms with Crippen LogP contribution in [0.15, 0.2) is 54.0 Å². The Morgan fingerprint density at radius 3 is 2.47 bits per heavy atom.